The van der Waals surface area contributed by atoms with Crippen LogP contribution in [-0.4, -0.2) is 53.3 Å². The van der Waals surface area contributed by atoms with Crippen LogP contribution in [-0.2, 0) is 23.8 Å². The van der Waals surface area contributed by atoms with Crippen LogP contribution in [0.1, 0.15) is 54.4 Å². The molecule has 0 aromatic heterocycles. The van der Waals surface area contributed by atoms with E-state index in [0.717, 1.165) is 0 Å². The van der Waals surface area contributed by atoms with Gasteiger partial charge in [-0.05, 0) is 48.0 Å². The molecule has 1 heterocycles. The van der Waals surface area contributed by atoms with Crippen molar-refractivity contribution in [2.75, 3.05) is 13.7 Å². The molecule has 1 aliphatic rings. The number of ether oxygens (including phenoxy) is 3. The third-order valence-corrected chi connectivity index (χ3v) is 3.30. The van der Waals surface area contributed by atoms with Crippen molar-refractivity contribution >= 4 is 18.0 Å². The minimum atomic E-state index is -1.35. The van der Waals surface area contributed by atoms with Gasteiger partial charge in [0.05, 0.1) is 13.5 Å². The first-order chi connectivity index (χ1) is 10.3. The normalized spacial score (nSPS) is 21.3. The van der Waals surface area contributed by atoms with E-state index in [9.17, 15) is 14.4 Å². The molecule has 0 spiro atoms. The monoisotopic (exact) mass is 329 g/mol. The van der Waals surface area contributed by atoms with Crippen molar-refractivity contribution in [2.24, 2.45) is 0 Å². The highest BCUT2D eigenvalue weighted by Gasteiger charge is 2.57. The SMILES string of the molecule is COC(=O)[C@@]1(CC(=O)OC(C)(C)C)CCN1C(=O)OC(C)(C)C. The number of hydrogen-bond acceptors (Lipinski definition) is 6. The van der Waals surface area contributed by atoms with Gasteiger partial charge in [-0.3, -0.25) is 9.69 Å². The lowest BCUT2D eigenvalue weighted by molar-refractivity contribution is -0.175. The van der Waals surface area contributed by atoms with Crippen molar-refractivity contribution in [3.63, 3.8) is 0 Å². The van der Waals surface area contributed by atoms with Crippen LogP contribution in [0, 0.1) is 0 Å². The lowest BCUT2D eigenvalue weighted by Gasteiger charge is -2.49. The molecule has 0 aromatic rings. The first kappa shape index (κ1) is 19.3. The molecule has 0 N–H and O–H groups in total. The summed E-state index contributed by atoms with van der Waals surface area (Å²) in [7, 11) is 1.23. The van der Waals surface area contributed by atoms with Crippen LogP contribution in [0.4, 0.5) is 4.79 Å². The second-order valence-electron chi connectivity index (χ2n) is 7.67. The van der Waals surface area contributed by atoms with Crippen LogP contribution in [0.15, 0.2) is 0 Å². The van der Waals surface area contributed by atoms with Gasteiger partial charge >= 0.3 is 18.0 Å². The fourth-order valence-electron chi connectivity index (χ4n) is 2.35. The molecule has 1 saturated heterocycles. The predicted octanol–water partition coefficient (Wildman–Crippen LogP) is 2.27. The van der Waals surface area contributed by atoms with Gasteiger partial charge in [-0.25, -0.2) is 9.59 Å². The summed E-state index contributed by atoms with van der Waals surface area (Å²) in [5.41, 5.74) is -2.71. The zero-order valence-electron chi connectivity index (χ0n) is 15.0. The van der Waals surface area contributed by atoms with Gasteiger partial charge in [-0.15, -0.1) is 0 Å². The Balaban J connectivity index is 2.94. The number of carbonyl (C=O) groups excluding carboxylic acids is 3. The molecule has 132 valence electrons. The van der Waals surface area contributed by atoms with E-state index in [2.05, 4.69) is 0 Å². The molecule has 23 heavy (non-hydrogen) atoms. The van der Waals surface area contributed by atoms with E-state index in [4.69, 9.17) is 14.2 Å². The van der Waals surface area contributed by atoms with Crippen LogP contribution in [0.5, 0.6) is 0 Å². The van der Waals surface area contributed by atoms with E-state index in [1.807, 2.05) is 0 Å². The molecular formula is C16H27NO6. The van der Waals surface area contributed by atoms with Crippen LogP contribution < -0.4 is 0 Å². The summed E-state index contributed by atoms with van der Waals surface area (Å²) in [5, 5.41) is 0. The summed E-state index contributed by atoms with van der Waals surface area (Å²) in [5.74, 6) is -1.20. The Hall–Kier alpha value is -1.79. The molecular weight excluding hydrogens is 302 g/mol. The summed E-state index contributed by atoms with van der Waals surface area (Å²) in [6.45, 7) is 10.7. The van der Waals surface area contributed by atoms with Gasteiger partial charge in [0.25, 0.3) is 0 Å². The molecule has 0 aromatic carbocycles. The fraction of sp³-hybridized carbons (Fsp3) is 0.812. The van der Waals surface area contributed by atoms with Crippen molar-refractivity contribution in [2.45, 2.75) is 71.1 Å². The number of amides is 1. The molecule has 1 fully saturated rings. The lowest BCUT2D eigenvalue weighted by Crippen LogP contribution is -2.68. The van der Waals surface area contributed by atoms with Gasteiger partial charge < -0.3 is 14.2 Å². The number of nitrogens with zero attached hydrogens (tertiary/aromatic N) is 1. The smallest absolute Gasteiger partial charge is 0.411 e. The standard InChI is InChI=1S/C16H27NO6/c1-14(2,3)22-11(18)10-16(12(19)21-7)8-9-17(16)13(20)23-15(4,5)6/h8-10H2,1-7H3/t16-/m0/s1. The quantitative estimate of drug-likeness (QED) is 0.583. The zero-order chi connectivity index (χ0) is 18.1. The van der Waals surface area contributed by atoms with E-state index in [-0.39, 0.29) is 6.42 Å². The second-order valence-corrected chi connectivity index (χ2v) is 7.67. The van der Waals surface area contributed by atoms with Crippen molar-refractivity contribution in [1.29, 1.82) is 0 Å². The number of rotatable bonds is 3. The number of carbonyl (C=O) groups is 3. The Morgan fingerprint density at radius 3 is 1.87 bits per heavy atom. The summed E-state index contributed by atoms with van der Waals surface area (Å²) in [6, 6.07) is 0. The highest BCUT2D eigenvalue weighted by Crippen LogP contribution is 2.37. The molecule has 1 atom stereocenters. The predicted molar refractivity (Wildman–Crippen MR) is 82.8 cm³/mol. The lowest BCUT2D eigenvalue weighted by atomic mass is 9.81. The molecule has 1 amide bonds. The molecule has 1 rings (SSSR count). The number of hydrogen-bond donors (Lipinski definition) is 0. The largest absolute Gasteiger partial charge is 0.467 e. The highest BCUT2D eigenvalue weighted by atomic mass is 16.6. The molecule has 0 unspecified atom stereocenters. The molecule has 0 aliphatic carbocycles. The molecule has 0 saturated carbocycles. The van der Waals surface area contributed by atoms with Crippen molar-refractivity contribution in [3.8, 4) is 0 Å². The summed E-state index contributed by atoms with van der Waals surface area (Å²) in [4.78, 5) is 37.9. The second kappa shape index (κ2) is 6.37. The van der Waals surface area contributed by atoms with E-state index >= 15 is 0 Å². The molecule has 7 nitrogen and oxygen atoms in total. The molecule has 0 radical (unpaired) electrons. The van der Waals surface area contributed by atoms with E-state index in [1.54, 1.807) is 41.5 Å². The van der Waals surface area contributed by atoms with Crippen LogP contribution >= 0.6 is 0 Å². The molecule has 1 aliphatic heterocycles. The topological polar surface area (TPSA) is 82.1 Å². The minimum Gasteiger partial charge on any atom is -0.467 e. The fourth-order valence-corrected chi connectivity index (χ4v) is 2.35. The maximum Gasteiger partial charge on any atom is 0.411 e. The highest BCUT2D eigenvalue weighted by molar-refractivity contribution is 5.92. The number of esters is 2. The van der Waals surface area contributed by atoms with Gasteiger partial charge in [-0.2, -0.15) is 0 Å². The average molecular weight is 329 g/mol. The van der Waals surface area contributed by atoms with E-state index < -0.39 is 34.8 Å². The minimum absolute atomic E-state index is 0.254. The molecule has 0 bridgehead atoms. The van der Waals surface area contributed by atoms with Gasteiger partial charge in [0, 0.05) is 6.54 Å². The Bertz CT molecular complexity index is 488. The maximum atomic E-state index is 12.3. The number of likely N-dealkylation sites (tertiary alicyclic amines) is 1. The maximum absolute atomic E-state index is 12.3. The van der Waals surface area contributed by atoms with Gasteiger partial charge in [0.15, 0.2) is 5.54 Å². The van der Waals surface area contributed by atoms with Crippen LogP contribution in [0.25, 0.3) is 0 Å². The van der Waals surface area contributed by atoms with Crippen molar-refractivity contribution in [1.82, 2.24) is 4.90 Å². The van der Waals surface area contributed by atoms with E-state index in [1.165, 1.54) is 12.0 Å². The Labute approximate surface area is 137 Å². The van der Waals surface area contributed by atoms with Crippen molar-refractivity contribution in [3.05, 3.63) is 0 Å². The third-order valence-electron chi connectivity index (χ3n) is 3.30. The average Bonchev–Trinajstić information content (AvgIpc) is 2.28. The summed E-state index contributed by atoms with van der Waals surface area (Å²) >= 11 is 0. The van der Waals surface area contributed by atoms with Crippen LogP contribution in [0.2, 0.25) is 0 Å². The van der Waals surface area contributed by atoms with Crippen LogP contribution in [0.3, 0.4) is 0 Å². The van der Waals surface area contributed by atoms with Crippen molar-refractivity contribution < 1.29 is 28.6 Å². The summed E-state index contributed by atoms with van der Waals surface area (Å²) < 4.78 is 15.4. The van der Waals surface area contributed by atoms with E-state index in [0.29, 0.717) is 13.0 Å². The Kier molecular flexibility index (Phi) is 5.34. The Morgan fingerprint density at radius 1 is 1.00 bits per heavy atom. The zero-order valence-corrected chi connectivity index (χ0v) is 15.0. The molecule has 7 heteroatoms. The number of methoxy groups -OCH3 is 1. The first-order valence-corrected chi connectivity index (χ1v) is 7.62. The Morgan fingerprint density at radius 2 is 1.52 bits per heavy atom. The van der Waals surface area contributed by atoms with Gasteiger partial charge in [0.2, 0.25) is 0 Å². The first-order valence-electron chi connectivity index (χ1n) is 7.62. The summed E-state index contributed by atoms with van der Waals surface area (Å²) in [6.07, 6.45) is -0.563. The third kappa shape index (κ3) is 4.84. The van der Waals surface area contributed by atoms with Gasteiger partial charge in [0.1, 0.15) is 11.2 Å². The van der Waals surface area contributed by atoms with Gasteiger partial charge in [-0.1, -0.05) is 0 Å².